The summed E-state index contributed by atoms with van der Waals surface area (Å²) in [5.41, 5.74) is 1.20. The second kappa shape index (κ2) is 4.39. The Morgan fingerprint density at radius 2 is 1.93 bits per heavy atom. The highest BCUT2D eigenvalue weighted by Gasteiger charge is 2.40. The van der Waals surface area contributed by atoms with Crippen molar-refractivity contribution in [3.8, 4) is 6.07 Å². The Kier molecular flexibility index (Phi) is 3.60. The molecule has 1 nitrogen and oxygen atoms in total. The minimum atomic E-state index is 0.329. The Bertz CT molecular complexity index is 293. The molecule has 0 aliphatic heterocycles. The maximum Gasteiger partial charge on any atom is 0.0940 e. The molecule has 0 saturated heterocycles. The first-order valence-electron chi connectivity index (χ1n) is 5.98. The van der Waals surface area contributed by atoms with Crippen LogP contribution >= 0.6 is 0 Å². The molecular formula is C14H23N. The SMILES string of the molecule is C/C(C#N)=C\C1C(C)CCC(C)C1(C)C. The fourth-order valence-corrected chi connectivity index (χ4v) is 2.81. The van der Waals surface area contributed by atoms with Gasteiger partial charge in [-0.15, -0.1) is 0 Å². The normalized spacial score (nSPS) is 36.0. The van der Waals surface area contributed by atoms with Gasteiger partial charge in [-0.05, 0) is 42.9 Å². The van der Waals surface area contributed by atoms with Crippen molar-refractivity contribution in [2.24, 2.45) is 23.2 Å². The minimum absolute atomic E-state index is 0.329. The highest BCUT2D eigenvalue weighted by Crippen LogP contribution is 2.48. The van der Waals surface area contributed by atoms with Crippen LogP contribution in [0.15, 0.2) is 11.6 Å². The van der Waals surface area contributed by atoms with Crippen LogP contribution in [0.4, 0.5) is 0 Å². The van der Waals surface area contributed by atoms with Crippen molar-refractivity contribution in [2.75, 3.05) is 0 Å². The molecule has 1 aliphatic carbocycles. The molecule has 0 aromatic carbocycles. The van der Waals surface area contributed by atoms with Gasteiger partial charge in [0, 0.05) is 5.57 Å². The average molecular weight is 205 g/mol. The molecule has 3 atom stereocenters. The van der Waals surface area contributed by atoms with E-state index in [4.69, 9.17) is 5.26 Å². The van der Waals surface area contributed by atoms with E-state index in [1.807, 2.05) is 6.92 Å². The van der Waals surface area contributed by atoms with Crippen molar-refractivity contribution in [3.63, 3.8) is 0 Å². The van der Waals surface area contributed by atoms with Gasteiger partial charge in [-0.25, -0.2) is 0 Å². The van der Waals surface area contributed by atoms with E-state index in [0.29, 0.717) is 17.3 Å². The van der Waals surface area contributed by atoms with Gasteiger partial charge in [-0.3, -0.25) is 0 Å². The zero-order valence-corrected chi connectivity index (χ0v) is 10.7. The zero-order chi connectivity index (χ0) is 11.6. The van der Waals surface area contributed by atoms with Crippen LogP contribution in [-0.4, -0.2) is 0 Å². The predicted molar refractivity (Wildman–Crippen MR) is 64.2 cm³/mol. The van der Waals surface area contributed by atoms with Crippen molar-refractivity contribution < 1.29 is 0 Å². The number of hydrogen-bond acceptors (Lipinski definition) is 1. The van der Waals surface area contributed by atoms with Crippen LogP contribution in [0.2, 0.25) is 0 Å². The van der Waals surface area contributed by atoms with Crippen molar-refractivity contribution >= 4 is 0 Å². The summed E-state index contributed by atoms with van der Waals surface area (Å²) in [6, 6.07) is 2.25. The molecule has 84 valence electrons. The van der Waals surface area contributed by atoms with Crippen LogP contribution < -0.4 is 0 Å². The number of hydrogen-bond donors (Lipinski definition) is 0. The molecule has 1 saturated carbocycles. The van der Waals surface area contributed by atoms with Gasteiger partial charge in [0.15, 0.2) is 0 Å². The summed E-state index contributed by atoms with van der Waals surface area (Å²) in [6.07, 6.45) is 4.81. The topological polar surface area (TPSA) is 23.8 Å². The molecule has 1 heteroatoms. The monoisotopic (exact) mass is 205 g/mol. The Morgan fingerprint density at radius 3 is 2.47 bits per heavy atom. The van der Waals surface area contributed by atoms with Gasteiger partial charge < -0.3 is 0 Å². The predicted octanol–water partition coefficient (Wildman–Crippen LogP) is 4.16. The smallest absolute Gasteiger partial charge is 0.0940 e. The van der Waals surface area contributed by atoms with Gasteiger partial charge in [0.2, 0.25) is 0 Å². The van der Waals surface area contributed by atoms with Crippen LogP contribution in [0.1, 0.15) is 47.5 Å². The highest BCUT2D eigenvalue weighted by molar-refractivity contribution is 5.20. The molecular weight excluding hydrogens is 182 g/mol. The molecule has 1 fully saturated rings. The lowest BCUT2D eigenvalue weighted by Crippen LogP contribution is -2.38. The summed E-state index contributed by atoms with van der Waals surface area (Å²) in [5.74, 6) is 2.02. The molecule has 15 heavy (non-hydrogen) atoms. The maximum absolute atomic E-state index is 8.87. The standard InChI is InChI=1S/C14H23N/c1-10(9-15)8-13-11(2)6-7-12(3)14(13,4)5/h8,11-13H,6-7H2,1-5H3/b10-8+. The van der Waals surface area contributed by atoms with Gasteiger partial charge in [0.05, 0.1) is 6.07 Å². The number of nitriles is 1. The third kappa shape index (κ3) is 2.43. The van der Waals surface area contributed by atoms with E-state index in [9.17, 15) is 0 Å². The summed E-state index contributed by atoms with van der Waals surface area (Å²) in [6.45, 7) is 11.3. The molecule has 0 heterocycles. The summed E-state index contributed by atoms with van der Waals surface area (Å²) in [5, 5.41) is 8.87. The van der Waals surface area contributed by atoms with Gasteiger partial charge in [0.1, 0.15) is 0 Å². The summed E-state index contributed by atoms with van der Waals surface area (Å²) in [7, 11) is 0. The Morgan fingerprint density at radius 1 is 1.33 bits per heavy atom. The highest BCUT2D eigenvalue weighted by atomic mass is 14.4. The Hall–Kier alpha value is -0.770. The first-order chi connectivity index (χ1) is 6.89. The second-order valence-corrected chi connectivity index (χ2v) is 5.76. The summed E-state index contributed by atoms with van der Waals surface area (Å²) >= 11 is 0. The summed E-state index contributed by atoms with van der Waals surface area (Å²) in [4.78, 5) is 0. The van der Waals surface area contributed by atoms with Gasteiger partial charge in [-0.1, -0.05) is 33.8 Å². The third-order valence-corrected chi connectivity index (χ3v) is 4.40. The van der Waals surface area contributed by atoms with E-state index in [1.165, 1.54) is 12.8 Å². The van der Waals surface area contributed by atoms with Crippen molar-refractivity contribution in [1.29, 1.82) is 5.26 Å². The van der Waals surface area contributed by atoms with E-state index in [-0.39, 0.29) is 0 Å². The van der Waals surface area contributed by atoms with Crippen LogP contribution in [0.5, 0.6) is 0 Å². The largest absolute Gasteiger partial charge is 0.193 e. The van der Waals surface area contributed by atoms with Crippen molar-refractivity contribution in [3.05, 3.63) is 11.6 Å². The van der Waals surface area contributed by atoms with Crippen LogP contribution in [0, 0.1) is 34.5 Å². The Labute approximate surface area is 94.2 Å². The molecule has 3 unspecified atom stereocenters. The molecule has 1 rings (SSSR count). The van der Waals surface area contributed by atoms with E-state index >= 15 is 0 Å². The number of allylic oxidation sites excluding steroid dienone is 2. The first kappa shape index (κ1) is 12.3. The van der Waals surface area contributed by atoms with Crippen LogP contribution in [0.25, 0.3) is 0 Å². The number of rotatable bonds is 1. The molecule has 0 bridgehead atoms. The second-order valence-electron chi connectivity index (χ2n) is 5.76. The maximum atomic E-state index is 8.87. The minimum Gasteiger partial charge on any atom is -0.193 e. The van der Waals surface area contributed by atoms with Crippen molar-refractivity contribution in [2.45, 2.75) is 47.5 Å². The van der Waals surface area contributed by atoms with Gasteiger partial charge in [-0.2, -0.15) is 5.26 Å². The quantitative estimate of drug-likeness (QED) is 0.589. The van der Waals surface area contributed by atoms with Crippen molar-refractivity contribution in [1.82, 2.24) is 0 Å². The van der Waals surface area contributed by atoms with Crippen LogP contribution in [0.3, 0.4) is 0 Å². The molecule has 0 amide bonds. The molecule has 0 radical (unpaired) electrons. The Balaban J connectivity index is 2.97. The molecule has 0 aromatic heterocycles. The number of nitrogens with zero attached hydrogens (tertiary/aromatic N) is 1. The molecule has 0 N–H and O–H groups in total. The average Bonchev–Trinajstić information content (AvgIpc) is 2.19. The van der Waals surface area contributed by atoms with E-state index in [1.54, 1.807) is 0 Å². The van der Waals surface area contributed by atoms with Gasteiger partial charge >= 0.3 is 0 Å². The molecule has 0 spiro atoms. The fourth-order valence-electron chi connectivity index (χ4n) is 2.81. The zero-order valence-electron chi connectivity index (χ0n) is 10.7. The van der Waals surface area contributed by atoms with E-state index < -0.39 is 0 Å². The van der Waals surface area contributed by atoms with Gasteiger partial charge in [0.25, 0.3) is 0 Å². The molecule has 1 aliphatic rings. The van der Waals surface area contributed by atoms with E-state index in [2.05, 4.69) is 39.8 Å². The third-order valence-electron chi connectivity index (χ3n) is 4.40. The lowest BCUT2D eigenvalue weighted by molar-refractivity contribution is 0.0589. The van der Waals surface area contributed by atoms with E-state index in [0.717, 1.165) is 11.5 Å². The first-order valence-corrected chi connectivity index (χ1v) is 5.98. The van der Waals surface area contributed by atoms with Crippen LogP contribution in [-0.2, 0) is 0 Å². The fraction of sp³-hybridized carbons (Fsp3) is 0.786. The lowest BCUT2D eigenvalue weighted by Gasteiger charge is -2.46. The summed E-state index contributed by atoms with van der Waals surface area (Å²) < 4.78 is 0. The molecule has 0 aromatic rings. The lowest BCUT2D eigenvalue weighted by atomic mass is 9.59.